The fourth-order valence-corrected chi connectivity index (χ4v) is 6.02. The second-order valence-corrected chi connectivity index (χ2v) is 11.9. The molecule has 12 nitrogen and oxygen atoms in total. The van der Waals surface area contributed by atoms with Crippen molar-refractivity contribution in [2.45, 2.75) is 51.1 Å². The summed E-state index contributed by atoms with van der Waals surface area (Å²) in [6, 6.07) is 11.9. The Kier molecular flexibility index (Phi) is 7.73. The number of sulfonamides is 1. The van der Waals surface area contributed by atoms with Crippen LogP contribution in [0.2, 0.25) is 0 Å². The molecule has 220 valence electrons. The zero-order valence-corrected chi connectivity index (χ0v) is 23.7. The minimum atomic E-state index is -3.95. The van der Waals surface area contributed by atoms with Crippen LogP contribution in [-0.4, -0.2) is 28.6 Å². The van der Waals surface area contributed by atoms with E-state index in [-0.39, 0.29) is 64.5 Å². The molecule has 14 heteroatoms. The Labute approximate surface area is 240 Å². The van der Waals surface area contributed by atoms with Crippen LogP contribution in [-0.2, 0) is 34.3 Å². The van der Waals surface area contributed by atoms with Gasteiger partial charge in [-0.1, -0.05) is 35.5 Å². The Bertz CT molecular complexity index is 1870. The molecule has 2 heterocycles. The number of carbonyl (C=O) groups excluding carboxylic acids is 1. The Morgan fingerprint density at radius 3 is 2.40 bits per heavy atom. The number of anilines is 3. The predicted molar refractivity (Wildman–Crippen MR) is 153 cm³/mol. The van der Waals surface area contributed by atoms with E-state index in [2.05, 4.69) is 15.2 Å². The highest BCUT2D eigenvalue weighted by atomic mass is 32.2. The summed E-state index contributed by atoms with van der Waals surface area (Å²) in [6.07, 6.45) is 1.64. The van der Waals surface area contributed by atoms with E-state index in [1.165, 1.54) is 48.7 Å². The third kappa shape index (κ3) is 5.98. The number of nitrogens with two attached hydrogens (primary N) is 1. The van der Waals surface area contributed by atoms with Gasteiger partial charge in [0.05, 0.1) is 13.0 Å². The standard InChI is InChI=1S/C28H29FN6O6S/c1-16-25(17(2)41-32-16)42(39,40)33-21-11-9-18(10-12-21)13-23(36)31-24-26(30)34(14-19-7-8-19)28(38)35(27(24)37)15-20-5-3-4-6-22(20)29/h3-6,9-12,19,33H,7-8,13-15,30H2,1-2H3,(H,31,36). The minimum absolute atomic E-state index is 0.0489. The lowest BCUT2D eigenvalue weighted by Crippen LogP contribution is -2.43. The van der Waals surface area contributed by atoms with Gasteiger partial charge in [-0.15, -0.1) is 0 Å². The smallest absolute Gasteiger partial charge is 0.332 e. The lowest BCUT2D eigenvalue weighted by atomic mass is 10.1. The molecule has 5 rings (SSSR count). The van der Waals surface area contributed by atoms with E-state index in [4.69, 9.17) is 10.3 Å². The number of hydrogen-bond donors (Lipinski definition) is 3. The van der Waals surface area contributed by atoms with Crippen molar-refractivity contribution in [2.75, 3.05) is 15.8 Å². The molecule has 0 atom stereocenters. The van der Waals surface area contributed by atoms with Gasteiger partial charge in [0.25, 0.3) is 15.6 Å². The van der Waals surface area contributed by atoms with Crippen LogP contribution >= 0.6 is 0 Å². The summed E-state index contributed by atoms with van der Waals surface area (Å²) in [5, 5.41) is 6.20. The summed E-state index contributed by atoms with van der Waals surface area (Å²) in [5.74, 6) is -0.945. The second-order valence-electron chi connectivity index (χ2n) is 10.3. The van der Waals surface area contributed by atoms with Crippen LogP contribution in [0.1, 0.15) is 35.4 Å². The molecule has 4 aromatic rings. The van der Waals surface area contributed by atoms with E-state index in [1.54, 1.807) is 18.2 Å². The molecule has 1 saturated carbocycles. The molecule has 1 aliphatic rings. The van der Waals surface area contributed by atoms with Crippen molar-refractivity contribution in [1.82, 2.24) is 14.3 Å². The van der Waals surface area contributed by atoms with Gasteiger partial charge >= 0.3 is 5.69 Å². The molecule has 0 bridgehead atoms. The monoisotopic (exact) mass is 596 g/mol. The van der Waals surface area contributed by atoms with E-state index in [1.807, 2.05) is 0 Å². The normalized spacial score (nSPS) is 13.2. The van der Waals surface area contributed by atoms with Crippen LogP contribution in [0.5, 0.6) is 0 Å². The first kappa shape index (κ1) is 28.8. The molecule has 1 fully saturated rings. The summed E-state index contributed by atoms with van der Waals surface area (Å²) in [5.41, 5.74) is 5.57. The molecule has 42 heavy (non-hydrogen) atoms. The van der Waals surface area contributed by atoms with E-state index in [9.17, 15) is 27.2 Å². The Hall–Kier alpha value is -4.72. The number of carbonyl (C=O) groups is 1. The molecule has 0 radical (unpaired) electrons. The number of benzene rings is 2. The van der Waals surface area contributed by atoms with Crippen molar-refractivity contribution in [3.8, 4) is 0 Å². The van der Waals surface area contributed by atoms with Gasteiger partial charge in [0.2, 0.25) is 5.91 Å². The third-order valence-corrected chi connectivity index (χ3v) is 8.59. The average Bonchev–Trinajstić information content (AvgIpc) is 3.70. The lowest BCUT2D eigenvalue weighted by molar-refractivity contribution is -0.115. The van der Waals surface area contributed by atoms with Crippen LogP contribution in [0.25, 0.3) is 0 Å². The second kappa shape index (κ2) is 11.3. The topological polar surface area (TPSA) is 171 Å². The highest BCUT2D eigenvalue weighted by molar-refractivity contribution is 7.92. The number of halogens is 1. The highest BCUT2D eigenvalue weighted by Crippen LogP contribution is 2.31. The molecule has 0 aliphatic heterocycles. The molecular formula is C28H29FN6O6S. The number of hydrogen-bond acceptors (Lipinski definition) is 8. The number of nitrogens with one attached hydrogen (secondary N) is 2. The third-order valence-electron chi connectivity index (χ3n) is 6.96. The van der Waals surface area contributed by atoms with Gasteiger partial charge in [0, 0.05) is 17.8 Å². The maximum atomic E-state index is 14.4. The largest absolute Gasteiger partial charge is 0.383 e. The van der Waals surface area contributed by atoms with Crippen LogP contribution in [0, 0.1) is 25.6 Å². The van der Waals surface area contributed by atoms with E-state index in [0.29, 0.717) is 5.56 Å². The van der Waals surface area contributed by atoms with Crippen LogP contribution in [0.4, 0.5) is 21.6 Å². The Balaban J connectivity index is 1.36. The molecular weight excluding hydrogens is 567 g/mol. The van der Waals surface area contributed by atoms with Crippen LogP contribution in [0.3, 0.4) is 0 Å². The maximum Gasteiger partial charge on any atom is 0.332 e. The summed E-state index contributed by atoms with van der Waals surface area (Å²) >= 11 is 0. The van der Waals surface area contributed by atoms with Crippen molar-refractivity contribution >= 4 is 33.1 Å². The van der Waals surface area contributed by atoms with Crippen molar-refractivity contribution in [2.24, 2.45) is 5.92 Å². The van der Waals surface area contributed by atoms with Gasteiger partial charge in [0.1, 0.15) is 23.0 Å². The van der Waals surface area contributed by atoms with E-state index < -0.39 is 33.0 Å². The van der Waals surface area contributed by atoms with Crippen molar-refractivity contribution in [3.05, 3.63) is 97.8 Å². The number of amides is 1. The van der Waals surface area contributed by atoms with Crippen molar-refractivity contribution < 1.29 is 22.1 Å². The first-order valence-electron chi connectivity index (χ1n) is 13.2. The predicted octanol–water partition coefficient (Wildman–Crippen LogP) is 2.78. The Morgan fingerprint density at radius 1 is 1.10 bits per heavy atom. The Morgan fingerprint density at radius 2 is 1.79 bits per heavy atom. The molecule has 1 aliphatic carbocycles. The molecule has 0 spiro atoms. The molecule has 0 saturated heterocycles. The number of aryl methyl sites for hydroxylation is 2. The van der Waals surface area contributed by atoms with Crippen molar-refractivity contribution in [1.29, 1.82) is 0 Å². The van der Waals surface area contributed by atoms with E-state index >= 15 is 0 Å². The number of nitrogens with zero attached hydrogens (tertiary/aromatic N) is 3. The number of nitrogen functional groups attached to an aromatic ring is 1. The van der Waals surface area contributed by atoms with Crippen LogP contribution in [0.15, 0.2) is 67.5 Å². The fraction of sp³-hybridized carbons (Fsp3) is 0.286. The summed E-state index contributed by atoms with van der Waals surface area (Å²) in [4.78, 5) is 39.5. The lowest BCUT2D eigenvalue weighted by Gasteiger charge is -2.17. The molecule has 2 aromatic heterocycles. The average molecular weight is 597 g/mol. The van der Waals surface area contributed by atoms with Crippen molar-refractivity contribution in [3.63, 3.8) is 0 Å². The van der Waals surface area contributed by atoms with Gasteiger partial charge in [0.15, 0.2) is 10.7 Å². The molecule has 0 unspecified atom stereocenters. The molecule has 2 aromatic carbocycles. The summed E-state index contributed by atoms with van der Waals surface area (Å²) in [7, 11) is -3.95. The number of rotatable bonds is 10. The fourth-order valence-electron chi connectivity index (χ4n) is 4.63. The highest BCUT2D eigenvalue weighted by Gasteiger charge is 2.27. The summed E-state index contributed by atoms with van der Waals surface area (Å²) in [6.45, 7) is 2.96. The van der Waals surface area contributed by atoms with Gasteiger partial charge < -0.3 is 15.6 Å². The van der Waals surface area contributed by atoms with Gasteiger partial charge in [-0.3, -0.25) is 23.4 Å². The van der Waals surface area contributed by atoms with Gasteiger partial charge in [-0.2, -0.15) is 0 Å². The van der Waals surface area contributed by atoms with Gasteiger partial charge in [-0.25, -0.2) is 17.6 Å². The first-order valence-corrected chi connectivity index (χ1v) is 14.6. The quantitative estimate of drug-likeness (QED) is 0.251. The SMILES string of the molecule is Cc1noc(C)c1S(=O)(=O)Nc1ccc(CC(=O)Nc2c(N)n(CC3CC3)c(=O)n(Cc3ccccc3F)c2=O)cc1. The zero-order valence-electron chi connectivity index (χ0n) is 22.9. The van der Waals surface area contributed by atoms with E-state index in [0.717, 1.165) is 17.4 Å². The number of aromatic nitrogens is 3. The maximum absolute atomic E-state index is 14.4. The molecule has 1 amide bonds. The van der Waals surface area contributed by atoms with Gasteiger partial charge in [-0.05, 0) is 56.4 Å². The first-order chi connectivity index (χ1) is 19.9. The minimum Gasteiger partial charge on any atom is -0.383 e. The molecule has 4 N–H and O–H groups in total. The zero-order chi connectivity index (χ0) is 30.2. The summed E-state index contributed by atoms with van der Waals surface area (Å²) < 4.78 is 49.4. The van der Waals surface area contributed by atoms with Crippen LogP contribution < -0.4 is 27.0 Å².